The van der Waals surface area contributed by atoms with Gasteiger partial charge in [0, 0.05) is 18.8 Å². The van der Waals surface area contributed by atoms with Crippen molar-refractivity contribution in [3.8, 4) is 17.2 Å². The highest BCUT2D eigenvalue weighted by Gasteiger charge is 2.32. The van der Waals surface area contributed by atoms with E-state index in [1.165, 1.54) is 12.3 Å². The van der Waals surface area contributed by atoms with Gasteiger partial charge in [0.25, 0.3) is 5.91 Å². The summed E-state index contributed by atoms with van der Waals surface area (Å²) in [7, 11) is 0. The molecule has 0 unspecified atom stereocenters. The van der Waals surface area contributed by atoms with E-state index in [0.29, 0.717) is 5.56 Å². The average Bonchev–Trinajstić information content (AvgIpc) is 2.68. The quantitative estimate of drug-likeness (QED) is 0.576. The Balaban J connectivity index is 1.68. The van der Waals surface area contributed by atoms with Gasteiger partial charge < -0.3 is 20.5 Å². The zero-order chi connectivity index (χ0) is 21.7. The largest absolute Gasteiger partial charge is 0.573 e. The number of carbonyl (C=O) groups is 1. The first-order chi connectivity index (χ1) is 14.2. The van der Waals surface area contributed by atoms with Crippen molar-refractivity contribution in [2.24, 2.45) is 0 Å². The van der Waals surface area contributed by atoms with E-state index in [0.717, 1.165) is 18.2 Å². The van der Waals surface area contributed by atoms with Crippen LogP contribution in [0.5, 0.6) is 17.2 Å². The number of hydrogen-bond acceptors (Lipinski definition) is 5. The smallest absolute Gasteiger partial charge is 0.457 e. The topological polar surface area (TPSA) is 86.5 Å². The van der Waals surface area contributed by atoms with Gasteiger partial charge in [-0.2, -0.15) is 0 Å². The third-order valence-electron chi connectivity index (χ3n) is 3.80. The fourth-order valence-electron chi connectivity index (χ4n) is 2.49. The molecule has 1 aromatic heterocycles. The van der Waals surface area contributed by atoms with E-state index in [2.05, 4.69) is 15.0 Å². The van der Waals surface area contributed by atoms with Crippen LogP contribution in [0.3, 0.4) is 0 Å². The Bertz CT molecular complexity index is 1060. The minimum absolute atomic E-state index is 0.0556. The summed E-state index contributed by atoms with van der Waals surface area (Å²) < 4.78 is 59.7. The second-order valence-electron chi connectivity index (χ2n) is 6.01. The van der Waals surface area contributed by atoms with Crippen LogP contribution in [0.4, 0.5) is 23.4 Å². The van der Waals surface area contributed by atoms with Crippen LogP contribution in [0.1, 0.15) is 15.9 Å². The summed E-state index contributed by atoms with van der Waals surface area (Å²) in [6.07, 6.45) is -3.57. The van der Waals surface area contributed by atoms with Crippen molar-refractivity contribution in [3.05, 3.63) is 77.7 Å². The molecule has 0 aliphatic heterocycles. The lowest BCUT2D eigenvalue weighted by atomic mass is 10.2. The highest BCUT2D eigenvalue weighted by molar-refractivity contribution is 5.98. The Morgan fingerprint density at radius 2 is 1.83 bits per heavy atom. The lowest BCUT2D eigenvalue weighted by Gasteiger charge is -2.12. The summed E-state index contributed by atoms with van der Waals surface area (Å²) in [5.41, 5.74) is 6.54. The molecule has 10 heteroatoms. The number of benzene rings is 2. The molecule has 3 rings (SSSR count). The normalized spacial score (nSPS) is 11.1. The van der Waals surface area contributed by atoms with E-state index < -0.39 is 23.8 Å². The summed E-state index contributed by atoms with van der Waals surface area (Å²) in [5, 5.41) is 2.68. The van der Waals surface area contributed by atoms with Gasteiger partial charge in [-0.05, 0) is 42.0 Å². The van der Waals surface area contributed by atoms with Crippen LogP contribution in [0.15, 0.2) is 60.8 Å². The first kappa shape index (κ1) is 20.9. The third-order valence-corrected chi connectivity index (χ3v) is 3.80. The fourth-order valence-corrected chi connectivity index (χ4v) is 2.49. The van der Waals surface area contributed by atoms with Crippen LogP contribution in [0.25, 0.3) is 0 Å². The molecule has 1 amide bonds. The van der Waals surface area contributed by atoms with Gasteiger partial charge in [-0.25, -0.2) is 9.37 Å². The van der Waals surface area contributed by atoms with Crippen molar-refractivity contribution in [1.29, 1.82) is 0 Å². The number of rotatable bonds is 6. The van der Waals surface area contributed by atoms with Gasteiger partial charge in [0.05, 0.1) is 5.56 Å². The Hall–Kier alpha value is -3.82. The molecule has 6 nitrogen and oxygen atoms in total. The van der Waals surface area contributed by atoms with Crippen molar-refractivity contribution in [3.63, 3.8) is 0 Å². The van der Waals surface area contributed by atoms with Gasteiger partial charge in [-0.1, -0.05) is 12.1 Å². The minimum atomic E-state index is -5.03. The predicted molar refractivity (Wildman–Crippen MR) is 99.4 cm³/mol. The molecule has 3 N–H and O–H groups in total. The fraction of sp³-hybridized carbons (Fsp3) is 0.100. The standard InChI is InChI=1S/C20H15F4N3O3/c21-16-7-6-14(10-17(16)30-20(22,23)24)29-13-4-1-3-12(9-13)11-27-19(28)15-5-2-8-26-18(15)25/h1-10H,11H2,(H2,25,26)(H,27,28). The number of carbonyl (C=O) groups excluding carboxylic acids is 1. The molecule has 1 heterocycles. The molecule has 30 heavy (non-hydrogen) atoms. The Labute approximate surface area is 168 Å². The first-order valence-electron chi connectivity index (χ1n) is 8.52. The summed E-state index contributed by atoms with van der Waals surface area (Å²) in [4.78, 5) is 16.0. The molecule has 0 atom stereocenters. The van der Waals surface area contributed by atoms with Crippen molar-refractivity contribution < 1.29 is 31.8 Å². The zero-order valence-electron chi connectivity index (χ0n) is 15.2. The van der Waals surface area contributed by atoms with Crippen LogP contribution in [0.2, 0.25) is 0 Å². The van der Waals surface area contributed by atoms with Crippen LogP contribution in [-0.2, 0) is 6.54 Å². The number of amides is 1. The van der Waals surface area contributed by atoms with Gasteiger partial charge in [-0.3, -0.25) is 4.79 Å². The highest BCUT2D eigenvalue weighted by Crippen LogP contribution is 2.31. The maximum Gasteiger partial charge on any atom is 0.573 e. The van der Waals surface area contributed by atoms with Crippen molar-refractivity contribution >= 4 is 11.7 Å². The summed E-state index contributed by atoms with van der Waals surface area (Å²) >= 11 is 0. The molecule has 0 saturated heterocycles. The van der Waals surface area contributed by atoms with E-state index in [-0.39, 0.29) is 29.4 Å². The number of pyridine rings is 1. The van der Waals surface area contributed by atoms with Gasteiger partial charge in [-0.15, -0.1) is 13.2 Å². The average molecular weight is 421 g/mol. The SMILES string of the molecule is Nc1ncccc1C(=O)NCc1cccc(Oc2ccc(F)c(OC(F)(F)F)c2)c1. The van der Waals surface area contributed by atoms with E-state index in [4.69, 9.17) is 10.5 Å². The highest BCUT2D eigenvalue weighted by atomic mass is 19.4. The molecule has 2 aromatic carbocycles. The number of anilines is 1. The van der Waals surface area contributed by atoms with Gasteiger partial charge in [0.15, 0.2) is 11.6 Å². The number of nitrogens with zero attached hydrogens (tertiary/aromatic N) is 1. The Morgan fingerprint density at radius 1 is 1.07 bits per heavy atom. The van der Waals surface area contributed by atoms with Crippen LogP contribution in [0, 0.1) is 5.82 Å². The monoisotopic (exact) mass is 421 g/mol. The van der Waals surface area contributed by atoms with E-state index in [1.807, 2.05) is 0 Å². The molecule has 0 bridgehead atoms. The summed E-state index contributed by atoms with van der Waals surface area (Å²) in [5.74, 6) is -2.28. The van der Waals surface area contributed by atoms with Crippen LogP contribution < -0.4 is 20.5 Å². The number of hydrogen-bond donors (Lipinski definition) is 2. The second kappa shape index (κ2) is 8.68. The number of alkyl halides is 3. The molecule has 0 spiro atoms. The molecule has 0 aliphatic rings. The molecule has 0 aliphatic carbocycles. The number of nitrogens with one attached hydrogen (secondary N) is 1. The lowest BCUT2D eigenvalue weighted by Crippen LogP contribution is -2.24. The maximum atomic E-state index is 13.5. The number of halogens is 4. The predicted octanol–water partition coefficient (Wildman–Crippen LogP) is 4.42. The number of ether oxygens (including phenoxy) is 2. The zero-order valence-corrected chi connectivity index (χ0v) is 15.2. The molecule has 156 valence electrons. The molecular formula is C20H15F4N3O3. The van der Waals surface area contributed by atoms with Crippen LogP contribution >= 0.6 is 0 Å². The Morgan fingerprint density at radius 3 is 2.57 bits per heavy atom. The van der Waals surface area contributed by atoms with Gasteiger partial charge in [0.2, 0.25) is 0 Å². The third kappa shape index (κ3) is 5.60. The number of nitrogen functional groups attached to an aromatic ring is 1. The second-order valence-corrected chi connectivity index (χ2v) is 6.01. The minimum Gasteiger partial charge on any atom is -0.457 e. The number of nitrogens with two attached hydrogens (primary N) is 1. The van der Waals surface area contributed by atoms with E-state index in [9.17, 15) is 22.4 Å². The van der Waals surface area contributed by atoms with Crippen LogP contribution in [-0.4, -0.2) is 17.3 Å². The van der Waals surface area contributed by atoms with Gasteiger partial charge in [0.1, 0.15) is 17.3 Å². The molecule has 0 radical (unpaired) electrons. The summed E-state index contributed by atoms with van der Waals surface area (Å²) in [6, 6.07) is 12.3. The van der Waals surface area contributed by atoms with Crippen molar-refractivity contribution in [2.75, 3.05) is 5.73 Å². The van der Waals surface area contributed by atoms with Gasteiger partial charge >= 0.3 is 6.36 Å². The first-order valence-corrected chi connectivity index (χ1v) is 8.52. The van der Waals surface area contributed by atoms with Crippen molar-refractivity contribution in [1.82, 2.24) is 10.3 Å². The Kier molecular flexibility index (Phi) is 6.05. The molecule has 0 saturated carbocycles. The molecule has 3 aromatic rings. The summed E-state index contributed by atoms with van der Waals surface area (Å²) in [6.45, 7) is 0.135. The lowest BCUT2D eigenvalue weighted by molar-refractivity contribution is -0.275. The van der Waals surface area contributed by atoms with E-state index in [1.54, 1.807) is 30.3 Å². The van der Waals surface area contributed by atoms with Crippen molar-refractivity contribution in [2.45, 2.75) is 12.9 Å². The number of aromatic nitrogens is 1. The molecular weight excluding hydrogens is 406 g/mol. The maximum absolute atomic E-state index is 13.5. The van der Waals surface area contributed by atoms with E-state index >= 15 is 0 Å². The molecule has 0 fully saturated rings.